The second kappa shape index (κ2) is 6.49. The molecule has 112 valence electrons. The van der Waals surface area contributed by atoms with Gasteiger partial charge in [0.2, 0.25) is 11.1 Å². The predicted octanol–water partition coefficient (Wildman–Crippen LogP) is 0.848. The van der Waals surface area contributed by atoms with Crippen LogP contribution in [0.2, 0.25) is 0 Å². The monoisotopic (exact) mass is 307 g/mol. The first-order chi connectivity index (χ1) is 10.0. The van der Waals surface area contributed by atoms with Crippen LogP contribution in [0.4, 0.5) is 0 Å². The number of aromatic nitrogens is 3. The topological polar surface area (TPSA) is 86.3 Å². The molecular formula is C13H17N5O2S. The van der Waals surface area contributed by atoms with Gasteiger partial charge in [0.25, 0.3) is 0 Å². The zero-order chi connectivity index (χ0) is 15.4. The average Bonchev–Trinajstić information content (AvgIpc) is 2.85. The first kappa shape index (κ1) is 15.2. The van der Waals surface area contributed by atoms with E-state index in [1.165, 1.54) is 21.3 Å². The summed E-state index contributed by atoms with van der Waals surface area (Å²) in [4.78, 5) is 13.1. The van der Waals surface area contributed by atoms with E-state index in [-0.39, 0.29) is 11.7 Å². The third-order valence-electron chi connectivity index (χ3n) is 2.84. The van der Waals surface area contributed by atoms with Crippen molar-refractivity contribution in [3.05, 3.63) is 24.3 Å². The number of hydrogen-bond donors (Lipinski definition) is 1. The van der Waals surface area contributed by atoms with Crippen LogP contribution in [-0.2, 0) is 4.79 Å². The molecule has 0 spiro atoms. The highest BCUT2D eigenvalue weighted by molar-refractivity contribution is 7.99. The maximum atomic E-state index is 11.6. The van der Waals surface area contributed by atoms with Gasteiger partial charge in [-0.25, -0.2) is 4.68 Å². The minimum absolute atomic E-state index is 0.00556. The number of amides is 1. The summed E-state index contributed by atoms with van der Waals surface area (Å²) in [6.45, 7) is 0. The van der Waals surface area contributed by atoms with Gasteiger partial charge in [-0.3, -0.25) is 4.79 Å². The van der Waals surface area contributed by atoms with Crippen LogP contribution in [0.5, 0.6) is 5.75 Å². The Labute approximate surface area is 127 Å². The number of benzene rings is 1. The first-order valence-electron chi connectivity index (χ1n) is 6.20. The van der Waals surface area contributed by atoms with Crippen LogP contribution in [0, 0.1) is 0 Å². The van der Waals surface area contributed by atoms with Gasteiger partial charge in [0.15, 0.2) is 5.82 Å². The lowest BCUT2D eigenvalue weighted by atomic mass is 10.2. The molecule has 0 aliphatic rings. The number of carbonyl (C=O) groups excluding carboxylic acids is 1. The molecule has 0 atom stereocenters. The summed E-state index contributed by atoms with van der Waals surface area (Å²) in [6, 6.07) is 7.36. The molecule has 7 nitrogen and oxygen atoms in total. The molecule has 2 N–H and O–H groups in total. The highest BCUT2D eigenvalue weighted by atomic mass is 32.2. The summed E-state index contributed by atoms with van der Waals surface area (Å²) in [5.41, 5.74) is 0.830. The fourth-order valence-electron chi connectivity index (χ4n) is 1.57. The minimum Gasteiger partial charge on any atom is -0.497 e. The van der Waals surface area contributed by atoms with E-state index >= 15 is 0 Å². The summed E-state index contributed by atoms with van der Waals surface area (Å²) in [7, 11) is 5.02. The second-order valence-corrected chi connectivity index (χ2v) is 5.42. The molecular weight excluding hydrogens is 290 g/mol. The molecule has 0 aliphatic carbocycles. The molecule has 8 heteroatoms. The van der Waals surface area contributed by atoms with E-state index in [2.05, 4.69) is 10.2 Å². The van der Waals surface area contributed by atoms with Crippen molar-refractivity contribution >= 4 is 17.7 Å². The van der Waals surface area contributed by atoms with Crippen LogP contribution in [-0.4, -0.2) is 52.6 Å². The molecule has 2 aromatic rings. The smallest absolute Gasteiger partial charge is 0.232 e. The zero-order valence-corrected chi connectivity index (χ0v) is 12.9. The Kier molecular flexibility index (Phi) is 4.69. The lowest BCUT2D eigenvalue weighted by Gasteiger charge is -2.09. The molecule has 1 aromatic heterocycles. The number of nitrogens with zero attached hydrogens (tertiary/aromatic N) is 4. The molecule has 1 heterocycles. The Hall–Kier alpha value is -2.22. The highest BCUT2D eigenvalue weighted by Crippen LogP contribution is 2.23. The quantitative estimate of drug-likeness (QED) is 0.651. The highest BCUT2D eigenvalue weighted by Gasteiger charge is 2.14. The summed E-state index contributed by atoms with van der Waals surface area (Å²) >= 11 is 1.26. The Morgan fingerprint density at radius 3 is 2.57 bits per heavy atom. The minimum atomic E-state index is -0.00556. The number of methoxy groups -OCH3 is 1. The fraction of sp³-hybridized carbons (Fsp3) is 0.308. The van der Waals surface area contributed by atoms with E-state index in [0.29, 0.717) is 11.0 Å². The van der Waals surface area contributed by atoms with E-state index in [1.807, 2.05) is 24.3 Å². The summed E-state index contributed by atoms with van der Waals surface area (Å²) < 4.78 is 6.49. The molecule has 0 bridgehead atoms. The van der Waals surface area contributed by atoms with Crippen LogP contribution < -0.4 is 10.6 Å². The van der Waals surface area contributed by atoms with E-state index in [9.17, 15) is 4.79 Å². The van der Waals surface area contributed by atoms with Crippen LogP contribution in [0.15, 0.2) is 29.4 Å². The predicted molar refractivity (Wildman–Crippen MR) is 81.6 cm³/mol. The third-order valence-corrected chi connectivity index (χ3v) is 3.76. The van der Waals surface area contributed by atoms with Gasteiger partial charge < -0.3 is 15.5 Å². The van der Waals surface area contributed by atoms with Crippen LogP contribution in [0.3, 0.4) is 0 Å². The van der Waals surface area contributed by atoms with Gasteiger partial charge >= 0.3 is 0 Å². The molecule has 0 fully saturated rings. The van der Waals surface area contributed by atoms with Gasteiger partial charge in [-0.1, -0.05) is 11.8 Å². The Balaban J connectivity index is 2.14. The second-order valence-electron chi connectivity index (χ2n) is 4.48. The van der Waals surface area contributed by atoms with E-state index in [4.69, 9.17) is 10.6 Å². The van der Waals surface area contributed by atoms with Gasteiger partial charge in [0, 0.05) is 19.7 Å². The summed E-state index contributed by atoms with van der Waals surface area (Å²) in [5.74, 6) is 7.54. The summed E-state index contributed by atoms with van der Waals surface area (Å²) in [5, 5.41) is 8.58. The molecule has 2 rings (SSSR count). The van der Waals surface area contributed by atoms with Gasteiger partial charge in [-0.05, 0) is 24.3 Å². The van der Waals surface area contributed by atoms with E-state index in [0.717, 1.165) is 11.3 Å². The summed E-state index contributed by atoms with van der Waals surface area (Å²) in [6.07, 6.45) is 0. The molecule has 0 saturated carbocycles. The molecule has 0 unspecified atom stereocenters. The van der Waals surface area contributed by atoms with Crippen molar-refractivity contribution in [3.8, 4) is 17.1 Å². The van der Waals surface area contributed by atoms with Crippen LogP contribution >= 0.6 is 11.8 Å². The van der Waals surface area contributed by atoms with Crippen molar-refractivity contribution < 1.29 is 9.53 Å². The normalized spacial score (nSPS) is 10.4. The number of hydrogen-bond acceptors (Lipinski definition) is 6. The molecule has 0 radical (unpaired) electrons. The Bertz CT molecular complexity index is 624. The largest absolute Gasteiger partial charge is 0.497 e. The molecule has 0 aliphatic heterocycles. The van der Waals surface area contributed by atoms with Gasteiger partial charge in [-0.15, -0.1) is 10.2 Å². The average molecular weight is 307 g/mol. The van der Waals surface area contributed by atoms with E-state index < -0.39 is 0 Å². The van der Waals surface area contributed by atoms with Gasteiger partial charge in [0.1, 0.15) is 5.75 Å². The van der Waals surface area contributed by atoms with Crippen molar-refractivity contribution in [2.24, 2.45) is 0 Å². The van der Waals surface area contributed by atoms with Crippen molar-refractivity contribution in [1.29, 1.82) is 0 Å². The Morgan fingerprint density at radius 2 is 2.00 bits per heavy atom. The number of rotatable bonds is 5. The molecule has 1 amide bonds. The van der Waals surface area contributed by atoms with Crippen LogP contribution in [0.25, 0.3) is 11.4 Å². The number of ether oxygens (including phenoxy) is 1. The van der Waals surface area contributed by atoms with Crippen molar-refractivity contribution in [2.45, 2.75) is 5.16 Å². The van der Waals surface area contributed by atoms with Crippen molar-refractivity contribution in [2.75, 3.05) is 32.8 Å². The van der Waals surface area contributed by atoms with Crippen LogP contribution in [0.1, 0.15) is 0 Å². The van der Waals surface area contributed by atoms with Gasteiger partial charge in [-0.2, -0.15) is 0 Å². The number of nitrogen functional groups attached to an aromatic ring is 1. The molecule has 1 aromatic carbocycles. The fourth-order valence-corrected chi connectivity index (χ4v) is 2.40. The number of nitrogens with two attached hydrogens (primary N) is 1. The third kappa shape index (κ3) is 3.46. The van der Waals surface area contributed by atoms with Crippen molar-refractivity contribution in [3.63, 3.8) is 0 Å². The van der Waals surface area contributed by atoms with Crippen molar-refractivity contribution in [1.82, 2.24) is 19.8 Å². The number of thioether (sulfide) groups is 1. The molecule has 21 heavy (non-hydrogen) atoms. The number of carbonyl (C=O) groups is 1. The maximum Gasteiger partial charge on any atom is 0.232 e. The molecule has 0 saturated heterocycles. The lowest BCUT2D eigenvalue weighted by molar-refractivity contribution is -0.125. The standard InChI is InChI=1S/C13H17N5O2S/c1-17(2)11(19)8-21-13-16-15-12(18(13)14)9-4-6-10(20-3)7-5-9/h4-7H,8,14H2,1-3H3. The first-order valence-corrected chi connectivity index (χ1v) is 7.19. The van der Waals surface area contributed by atoms with Gasteiger partial charge in [0.05, 0.1) is 12.9 Å². The SMILES string of the molecule is COc1ccc(-c2nnc(SCC(=O)N(C)C)n2N)cc1. The lowest BCUT2D eigenvalue weighted by Crippen LogP contribution is -2.24. The zero-order valence-electron chi connectivity index (χ0n) is 12.1. The maximum absolute atomic E-state index is 11.6. The Morgan fingerprint density at radius 1 is 1.33 bits per heavy atom. The van der Waals surface area contributed by atoms with E-state index in [1.54, 1.807) is 21.2 Å².